The predicted octanol–water partition coefficient (Wildman–Crippen LogP) is 3.37. The summed E-state index contributed by atoms with van der Waals surface area (Å²) in [7, 11) is 6.45. The van der Waals surface area contributed by atoms with Gasteiger partial charge in [-0.05, 0) is 35.2 Å². The highest BCUT2D eigenvalue weighted by atomic mass is 15.0. The molecule has 0 N–H and O–H groups in total. The number of nitrogens with zero attached hydrogens (tertiary/aromatic N) is 3. The first kappa shape index (κ1) is 17.7. The standard InChI is InChI=1S/C26H26N3/c1-18-12-14-28(3)24(15-18)25-17-21-20-10-6-5-9-19(20)16-22(21)26(29(25)4)23-11-7-8-13-27(23)2/h5-15,17H,16H2,1-4H3/q+3. The Hall–Kier alpha value is -3.33. The fourth-order valence-corrected chi connectivity index (χ4v) is 4.59. The molecular weight excluding hydrogens is 354 g/mol. The molecule has 142 valence electrons. The quantitative estimate of drug-likeness (QED) is 0.416. The number of pyridine rings is 3. The van der Waals surface area contributed by atoms with Crippen LogP contribution in [0.25, 0.3) is 33.9 Å². The molecule has 3 heterocycles. The topological polar surface area (TPSA) is 11.6 Å². The average molecular weight is 381 g/mol. The Labute approximate surface area is 172 Å². The Morgan fingerprint density at radius 2 is 1.45 bits per heavy atom. The van der Waals surface area contributed by atoms with Crippen LogP contribution in [-0.2, 0) is 27.6 Å². The number of rotatable bonds is 2. The molecule has 1 aromatic carbocycles. The Morgan fingerprint density at radius 1 is 0.690 bits per heavy atom. The molecule has 4 aromatic rings. The molecule has 3 heteroatoms. The highest BCUT2D eigenvalue weighted by Gasteiger charge is 2.36. The average Bonchev–Trinajstić information content (AvgIpc) is 3.08. The van der Waals surface area contributed by atoms with E-state index in [0.29, 0.717) is 0 Å². The molecule has 0 bridgehead atoms. The molecule has 3 aromatic heterocycles. The Morgan fingerprint density at radius 3 is 2.28 bits per heavy atom. The van der Waals surface area contributed by atoms with Crippen LogP contribution in [0.3, 0.4) is 0 Å². The van der Waals surface area contributed by atoms with Gasteiger partial charge in [-0.15, -0.1) is 0 Å². The van der Waals surface area contributed by atoms with Gasteiger partial charge in [-0.2, -0.15) is 13.7 Å². The first-order valence-corrected chi connectivity index (χ1v) is 10.1. The van der Waals surface area contributed by atoms with Gasteiger partial charge in [0.05, 0.1) is 0 Å². The van der Waals surface area contributed by atoms with Crippen LogP contribution < -0.4 is 13.7 Å². The second-order valence-corrected chi connectivity index (χ2v) is 8.06. The highest BCUT2D eigenvalue weighted by molar-refractivity contribution is 5.82. The second kappa shape index (κ2) is 6.63. The maximum absolute atomic E-state index is 2.38. The lowest BCUT2D eigenvalue weighted by Crippen LogP contribution is -2.43. The molecule has 1 aliphatic rings. The van der Waals surface area contributed by atoms with Gasteiger partial charge in [0.1, 0.15) is 21.1 Å². The summed E-state index contributed by atoms with van der Waals surface area (Å²) >= 11 is 0. The molecule has 1 aliphatic carbocycles. The monoisotopic (exact) mass is 380 g/mol. The molecule has 5 rings (SSSR count). The lowest BCUT2D eigenvalue weighted by Gasteiger charge is -2.09. The van der Waals surface area contributed by atoms with Gasteiger partial charge in [-0.1, -0.05) is 24.3 Å². The van der Waals surface area contributed by atoms with E-state index >= 15 is 0 Å². The molecule has 0 atom stereocenters. The summed E-state index contributed by atoms with van der Waals surface area (Å²) in [4.78, 5) is 0. The molecule has 0 saturated heterocycles. The summed E-state index contributed by atoms with van der Waals surface area (Å²) in [6.45, 7) is 2.16. The summed E-state index contributed by atoms with van der Waals surface area (Å²) in [6, 6.07) is 22.1. The van der Waals surface area contributed by atoms with Crippen molar-refractivity contribution >= 4 is 0 Å². The fourth-order valence-electron chi connectivity index (χ4n) is 4.59. The molecule has 0 radical (unpaired) electrons. The van der Waals surface area contributed by atoms with E-state index in [0.717, 1.165) is 6.42 Å². The predicted molar refractivity (Wildman–Crippen MR) is 114 cm³/mol. The molecule has 0 fully saturated rings. The van der Waals surface area contributed by atoms with E-state index < -0.39 is 0 Å². The van der Waals surface area contributed by atoms with E-state index in [2.05, 4.69) is 115 Å². The van der Waals surface area contributed by atoms with E-state index in [9.17, 15) is 0 Å². The normalized spacial score (nSPS) is 12.0. The Bertz CT molecular complexity index is 1270. The summed E-state index contributed by atoms with van der Waals surface area (Å²) in [5, 5.41) is 0. The van der Waals surface area contributed by atoms with E-state index in [-0.39, 0.29) is 0 Å². The van der Waals surface area contributed by atoms with E-state index in [1.807, 2.05) is 0 Å². The van der Waals surface area contributed by atoms with Gasteiger partial charge in [-0.25, -0.2) is 0 Å². The maximum atomic E-state index is 2.38. The molecule has 3 nitrogen and oxygen atoms in total. The van der Waals surface area contributed by atoms with Gasteiger partial charge in [0.15, 0.2) is 12.4 Å². The Balaban J connectivity index is 1.89. The summed E-state index contributed by atoms with van der Waals surface area (Å²) < 4.78 is 6.80. The van der Waals surface area contributed by atoms with Crippen molar-refractivity contribution in [3.8, 4) is 33.9 Å². The Kier molecular flexibility index (Phi) is 4.06. The second-order valence-electron chi connectivity index (χ2n) is 8.06. The molecule has 29 heavy (non-hydrogen) atoms. The minimum absolute atomic E-state index is 0.976. The van der Waals surface area contributed by atoms with Crippen LogP contribution >= 0.6 is 0 Å². The van der Waals surface area contributed by atoms with Crippen molar-refractivity contribution in [3.05, 3.63) is 89.7 Å². The number of aryl methyl sites for hydroxylation is 3. The van der Waals surface area contributed by atoms with Crippen LogP contribution in [0.1, 0.15) is 16.7 Å². The molecule has 0 spiro atoms. The largest absolute Gasteiger partial charge is 0.281 e. The van der Waals surface area contributed by atoms with Crippen LogP contribution in [0.15, 0.2) is 73.1 Å². The smallest absolute Gasteiger partial charge is 0.196 e. The molecule has 0 unspecified atom stereocenters. The fraction of sp³-hybridized carbons (Fsp3) is 0.192. The van der Waals surface area contributed by atoms with Gasteiger partial charge < -0.3 is 0 Å². The maximum Gasteiger partial charge on any atom is 0.281 e. The lowest BCUT2D eigenvalue weighted by atomic mass is 10.00. The third-order valence-corrected chi connectivity index (χ3v) is 6.13. The number of aromatic nitrogens is 3. The van der Waals surface area contributed by atoms with E-state index in [1.54, 1.807) is 0 Å². The number of fused-ring (bicyclic) bond motifs is 3. The zero-order chi connectivity index (χ0) is 20.1. The van der Waals surface area contributed by atoms with Crippen LogP contribution in [-0.4, -0.2) is 0 Å². The minimum Gasteiger partial charge on any atom is -0.196 e. The first-order valence-electron chi connectivity index (χ1n) is 10.1. The van der Waals surface area contributed by atoms with Crippen molar-refractivity contribution in [2.24, 2.45) is 21.1 Å². The molecule has 0 aliphatic heterocycles. The van der Waals surface area contributed by atoms with Gasteiger partial charge in [0, 0.05) is 42.3 Å². The van der Waals surface area contributed by atoms with Crippen LogP contribution in [0.4, 0.5) is 0 Å². The van der Waals surface area contributed by atoms with Crippen LogP contribution in [0.2, 0.25) is 0 Å². The van der Waals surface area contributed by atoms with Gasteiger partial charge in [-0.3, -0.25) is 0 Å². The van der Waals surface area contributed by atoms with E-state index in [4.69, 9.17) is 0 Å². The molecule has 0 amide bonds. The zero-order valence-corrected chi connectivity index (χ0v) is 17.5. The molecule has 0 saturated carbocycles. The van der Waals surface area contributed by atoms with Crippen molar-refractivity contribution in [2.75, 3.05) is 0 Å². The van der Waals surface area contributed by atoms with E-state index in [1.165, 1.54) is 50.6 Å². The SMILES string of the molecule is Cc1cc[n+](C)c(-c2cc3c(c(-c4cccc[n+]4C)[n+]2C)Cc2ccccc2-3)c1. The van der Waals surface area contributed by atoms with Crippen molar-refractivity contribution in [2.45, 2.75) is 13.3 Å². The van der Waals surface area contributed by atoms with Crippen molar-refractivity contribution in [3.63, 3.8) is 0 Å². The summed E-state index contributed by atoms with van der Waals surface area (Å²) in [6.07, 6.45) is 5.25. The van der Waals surface area contributed by atoms with Crippen molar-refractivity contribution in [1.82, 2.24) is 0 Å². The number of hydrogen-bond acceptors (Lipinski definition) is 0. The number of benzene rings is 1. The van der Waals surface area contributed by atoms with Gasteiger partial charge in [0.2, 0.25) is 0 Å². The molecular formula is C26H26N3+3. The van der Waals surface area contributed by atoms with Crippen LogP contribution in [0, 0.1) is 6.92 Å². The number of hydrogen-bond donors (Lipinski definition) is 0. The van der Waals surface area contributed by atoms with Crippen molar-refractivity contribution in [1.29, 1.82) is 0 Å². The van der Waals surface area contributed by atoms with Gasteiger partial charge in [0.25, 0.3) is 22.8 Å². The third-order valence-electron chi connectivity index (χ3n) is 6.13. The summed E-state index contributed by atoms with van der Waals surface area (Å²) in [5.41, 5.74) is 11.8. The third kappa shape index (κ3) is 2.77. The lowest BCUT2D eigenvalue weighted by molar-refractivity contribution is -0.697. The summed E-state index contributed by atoms with van der Waals surface area (Å²) in [5.74, 6) is 0. The first-order chi connectivity index (χ1) is 14.0. The zero-order valence-electron chi connectivity index (χ0n) is 17.5. The van der Waals surface area contributed by atoms with Crippen molar-refractivity contribution < 1.29 is 13.7 Å². The highest BCUT2D eigenvalue weighted by Crippen LogP contribution is 2.41. The minimum atomic E-state index is 0.976. The van der Waals surface area contributed by atoms with Gasteiger partial charge >= 0.3 is 0 Å². The van der Waals surface area contributed by atoms with Crippen LogP contribution in [0.5, 0.6) is 0 Å².